The number of hydrogen-bond acceptors (Lipinski definition) is 5. The zero-order valence-corrected chi connectivity index (χ0v) is 21.9. The molecule has 4 rings (SSSR count). The minimum absolute atomic E-state index is 0.139. The number of rotatable bonds is 9. The quantitative estimate of drug-likeness (QED) is 0.385. The zero-order chi connectivity index (χ0) is 26.6. The number of carbonyl (C=O) groups excluding carboxylic acids is 4. The summed E-state index contributed by atoms with van der Waals surface area (Å²) in [5.74, 6) is -1.67. The lowest BCUT2D eigenvalue weighted by Crippen LogP contribution is -2.53. The van der Waals surface area contributed by atoms with Crippen molar-refractivity contribution in [2.75, 3.05) is 7.11 Å². The number of hydrogen-bond donors (Lipinski definition) is 4. The van der Waals surface area contributed by atoms with Gasteiger partial charge in [0.2, 0.25) is 11.8 Å². The topological polar surface area (TPSA) is 129 Å². The van der Waals surface area contributed by atoms with Gasteiger partial charge >= 0.3 is 5.97 Å². The van der Waals surface area contributed by atoms with Gasteiger partial charge in [0.1, 0.15) is 17.8 Å². The van der Waals surface area contributed by atoms with Crippen molar-refractivity contribution in [1.82, 2.24) is 20.9 Å². The lowest BCUT2D eigenvalue weighted by molar-refractivity contribution is -0.146. The fourth-order valence-corrected chi connectivity index (χ4v) is 5.72. The number of H-pyrrole nitrogens is 1. The molecule has 37 heavy (non-hydrogen) atoms. The molecule has 2 heterocycles. The predicted octanol–water partition coefficient (Wildman–Crippen LogP) is 3.20. The smallest absolute Gasteiger partial charge is 0.328 e. The first-order valence-electron chi connectivity index (χ1n) is 13.2. The molecule has 3 amide bonds. The summed E-state index contributed by atoms with van der Waals surface area (Å²) in [7, 11) is 1.26. The van der Waals surface area contributed by atoms with Gasteiger partial charge in [-0.2, -0.15) is 0 Å². The number of fused-ring (bicyclic) bond motifs is 1. The van der Waals surface area contributed by atoms with Gasteiger partial charge in [-0.05, 0) is 51.2 Å². The molecule has 1 aliphatic carbocycles. The molecule has 1 aliphatic heterocycles. The van der Waals surface area contributed by atoms with Crippen LogP contribution in [0.4, 0.5) is 0 Å². The van der Waals surface area contributed by atoms with Crippen molar-refractivity contribution in [3.8, 4) is 0 Å². The first-order valence-corrected chi connectivity index (χ1v) is 13.2. The van der Waals surface area contributed by atoms with Crippen LogP contribution in [-0.2, 0) is 19.1 Å². The highest BCUT2D eigenvalue weighted by molar-refractivity contribution is 6.00. The van der Waals surface area contributed by atoms with Crippen LogP contribution in [0.2, 0.25) is 0 Å². The molecule has 0 radical (unpaired) electrons. The Morgan fingerprint density at radius 1 is 1.05 bits per heavy atom. The average Bonchev–Trinajstić information content (AvgIpc) is 3.42. The molecule has 2 aliphatic rings. The molecule has 1 saturated carbocycles. The highest BCUT2D eigenvalue weighted by Crippen LogP contribution is 2.29. The highest BCUT2D eigenvalue weighted by Gasteiger charge is 2.40. The third-order valence-electron chi connectivity index (χ3n) is 7.60. The largest absolute Gasteiger partial charge is 0.467 e. The summed E-state index contributed by atoms with van der Waals surface area (Å²) in [6.07, 6.45) is 6.57. The molecule has 2 unspecified atom stereocenters. The summed E-state index contributed by atoms with van der Waals surface area (Å²) in [6, 6.07) is 7.55. The lowest BCUT2D eigenvalue weighted by atomic mass is 9.84. The number of benzene rings is 1. The number of para-hydroxylation sites is 1. The molecule has 0 spiro atoms. The van der Waals surface area contributed by atoms with Crippen LogP contribution in [-0.4, -0.2) is 53.4 Å². The van der Waals surface area contributed by atoms with Crippen molar-refractivity contribution in [3.05, 3.63) is 36.0 Å². The van der Waals surface area contributed by atoms with Crippen LogP contribution in [0.5, 0.6) is 0 Å². The van der Waals surface area contributed by atoms with E-state index in [0.717, 1.165) is 36.6 Å². The maximum atomic E-state index is 13.5. The maximum absolute atomic E-state index is 13.5. The van der Waals surface area contributed by atoms with Crippen molar-refractivity contribution in [2.24, 2.45) is 11.8 Å². The van der Waals surface area contributed by atoms with Gasteiger partial charge in [0, 0.05) is 22.4 Å². The van der Waals surface area contributed by atoms with Crippen LogP contribution in [0.25, 0.3) is 10.9 Å². The van der Waals surface area contributed by atoms with Crippen LogP contribution in [0, 0.1) is 11.8 Å². The van der Waals surface area contributed by atoms with E-state index >= 15 is 0 Å². The standard InChI is InChI=1S/C28H38N4O5/c1-28(2)16-19(24(33)32-28)15-23(27(36)37-3)31-25(34)21(13-17-9-5-4-6-10-17)30-26(35)22-14-18-11-7-8-12-20(18)29-22/h7-8,11-12,14,17,19,21,23,29H,4-6,9-10,13,15-16H2,1-3H3,(H,30,35)(H,31,34)(H,32,33)/t19?,21-,23?/m0/s1. The van der Waals surface area contributed by atoms with Crippen molar-refractivity contribution in [1.29, 1.82) is 0 Å². The minimum atomic E-state index is -0.985. The van der Waals surface area contributed by atoms with Gasteiger partial charge in [-0.15, -0.1) is 0 Å². The van der Waals surface area contributed by atoms with Gasteiger partial charge in [0.05, 0.1) is 7.11 Å². The van der Waals surface area contributed by atoms with E-state index in [9.17, 15) is 19.2 Å². The predicted molar refractivity (Wildman–Crippen MR) is 140 cm³/mol. The van der Waals surface area contributed by atoms with Crippen molar-refractivity contribution in [3.63, 3.8) is 0 Å². The number of amides is 3. The molecular weight excluding hydrogens is 472 g/mol. The molecule has 200 valence electrons. The molecule has 4 N–H and O–H groups in total. The van der Waals surface area contributed by atoms with E-state index in [1.165, 1.54) is 13.5 Å². The second kappa shape index (κ2) is 11.4. The lowest BCUT2D eigenvalue weighted by Gasteiger charge is -2.28. The van der Waals surface area contributed by atoms with Gasteiger partial charge in [0.25, 0.3) is 5.91 Å². The third-order valence-corrected chi connectivity index (χ3v) is 7.60. The summed E-state index contributed by atoms with van der Waals surface area (Å²) in [5, 5.41) is 9.54. The monoisotopic (exact) mass is 510 g/mol. The number of esters is 1. The van der Waals surface area contributed by atoms with E-state index in [1.807, 2.05) is 38.1 Å². The first-order chi connectivity index (χ1) is 17.6. The Labute approximate surface area is 217 Å². The molecule has 9 nitrogen and oxygen atoms in total. The molecule has 3 atom stereocenters. The Morgan fingerprint density at radius 3 is 2.43 bits per heavy atom. The fraction of sp³-hybridized carbons (Fsp3) is 0.571. The average molecular weight is 511 g/mol. The molecule has 2 aromatic rings. The van der Waals surface area contributed by atoms with Gasteiger partial charge in [0.15, 0.2) is 0 Å². The first kappa shape index (κ1) is 26.7. The van der Waals surface area contributed by atoms with E-state index in [0.29, 0.717) is 24.5 Å². The molecular formula is C28H38N4O5. The van der Waals surface area contributed by atoms with Crippen LogP contribution in [0.15, 0.2) is 30.3 Å². The normalized spacial score (nSPS) is 21.2. The van der Waals surface area contributed by atoms with Crippen molar-refractivity contribution < 1.29 is 23.9 Å². The third kappa shape index (κ3) is 6.70. The SMILES string of the molecule is COC(=O)C(CC1CC(C)(C)NC1=O)NC(=O)[C@H](CC1CCCCC1)NC(=O)c1cc2ccccc2[nH]1. The zero-order valence-electron chi connectivity index (χ0n) is 21.9. The van der Waals surface area contributed by atoms with E-state index in [4.69, 9.17) is 4.74 Å². The molecule has 1 saturated heterocycles. The number of methoxy groups -OCH3 is 1. The summed E-state index contributed by atoms with van der Waals surface area (Å²) < 4.78 is 4.95. The second-order valence-corrected chi connectivity index (χ2v) is 11.1. The van der Waals surface area contributed by atoms with Gasteiger partial charge in [-0.3, -0.25) is 14.4 Å². The van der Waals surface area contributed by atoms with Crippen molar-refractivity contribution >= 4 is 34.6 Å². The van der Waals surface area contributed by atoms with E-state index in [1.54, 1.807) is 6.07 Å². The van der Waals surface area contributed by atoms with Gasteiger partial charge < -0.3 is 25.7 Å². The summed E-state index contributed by atoms with van der Waals surface area (Å²) >= 11 is 0. The molecule has 2 fully saturated rings. The Morgan fingerprint density at radius 2 is 1.78 bits per heavy atom. The number of aromatic nitrogens is 1. The second-order valence-electron chi connectivity index (χ2n) is 11.1. The van der Waals surface area contributed by atoms with Gasteiger partial charge in [-0.1, -0.05) is 50.3 Å². The van der Waals surface area contributed by atoms with Crippen LogP contribution >= 0.6 is 0 Å². The van der Waals surface area contributed by atoms with Crippen molar-refractivity contribution in [2.45, 2.75) is 82.8 Å². The maximum Gasteiger partial charge on any atom is 0.328 e. The minimum Gasteiger partial charge on any atom is -0.467 e. The Kier molecular flexibility index (Phi) is 8.19. The summed E-state index contributed by atoms with van der Waals surface area (Å²) in [4.78, 5) is 54.9. The van der Waals surface area contributed by atoms with E-state index in [2.05, 4.69) is 20.9 Å². The van der Waals surface area contributed by atoms with Crippen LogP contribution in [0.1, 0.15) is 75.7 Å². The molecule has 0 bridgehead atoms. The highest BCUT2D eigenvalue weighted by atomic mass is 16.5. The molecule has 1 aromatic carbocycles. The van der Waals surface area contributed by atoms with Gasteiger partial charge in [-0.25, -0.2) is 4.79 Å². The van der Waals surface area contributed by atoms with E-state index in [-0.39, 0.29) is 23.8 Å². The Hall–Kier alpha value is -3.36. The fourth-order valence-electron chi connectivity index (χ4n) is 5.72. The number of nitrogens with one attached hydrogen (secondary N) is 4. The number of carbonyl (C=O) groups is 4. The van der Waals surface area contributed by atoms with Crippen LogP contribution in [0.3, 0.4) is 0 Å². The van der Waals surface area contributed by atoms with Crippen LogP contribution < -0.4 is 16.0 Å². The summed E-state index contributed by atoms with van der Waals surface area (Å²) in [6.45, 7) is 3.85. The summed E-state index contributed by atoms with van der Waals surface area (Å²) in [5.41, 5.74) is 0.838. The number of aromatic amines is 1. The van der Waals surface area contributed by atoms with E-state index < -0.39 is 29.9 Å². The Bertz CT molecular complexity index is 1120. The number of ether oxygens (including phenoxy) is 1. The molecule has 1 aromatic heterocycles. The Balaban J connectivity index is 1.50. The molecule has 9 heteroatoms.